The molecule has 1 aliphatic rings. The van der Waals surface area contributed by atoms with Crippen LogP contribution in [0.3, 0.4) is 0 Å². The summed E-state index contributed by atoms with van der Waals surface area (Å²) in [6.07, 6.45) is 0.896. The van der Waals surface area contributed by atoms with Gasteiger partial charge in [-0.1, -0.05) is 53.6 Å². The first-order valence-electron chi connectivity index (χ1n) is 11.2. The van der Waals surface area contributed by atoms with Crippen molar-refractivity contribution in [3.8, 4) is 11.5 Å². The van der Waals surface area contributed by atoms with E-state index < -0.39 is 10.0 Å². The number of ether oxygens (including phenoxy) is 1. The molecule has 0 atom stereocenters. The number of para-hydroxylation sites is 3. The Kier molecular flexibility index (Phi) is 7.26. The number of benzene rings is 3. The molecule has 1 saturated heterocycles. The van der Waals surface area contributed by atoms with Crippen LogP contribution in [-0.2, 0) is 14.8 Å². The van der Waals surface area contributed by atoms with Gasteiger partial charge < -0.3 is 10.1 Å². The fraction of sp³-hybridized carbons (Fsp3) is 0.269. The van der Waals surface area contributed by atoms with E-state index in [0.29, 0.717) is 53.0 Å². The molecule has 0 unspecified atom stereocenters. The van der Waals surface area contributed by atoms with E-state index in [2.05, 4.69) is 5.32 Å². The van der Waals surface area contributed by atoms with E-state index in [4.69, 9.17) is 16.3 Å². The van der Waals surface area contributed by atoms with E-state index in [0.717, 1.165) is 11.1 Å². The standard InChI is InChI=1S/C26H27ClN2O4S/c1-18-11-12-25(19(2)17-18)34(31,32)29-15-13-20(14-16-29)26(30)28-22-8-4-6-10-24(22)33-23-9-5-3-7-21(23)27/h3-12,17,20H,13-16H2,1-2H3,(H,28,30). The van der Waals surface area contributed by atoms with Crippen molar-refractivity contribution in [2.24, 2.45) is 5.92 Å². The van der Waals surface area contributed by atoms with E-state index in [1.54, 1.807) is 30.3 Å². The zero-order valence-electron chi connectivity index (χ0n) is 19.1. The predicted molar refractivity (Wildman–Crippen MR) is 134 cm³/mol. The highest BCUT2D eigenvalue weighted by Crippen LogP contribution is 2.34. The van der Waals surface area contributed by atoms with Gasteiger partial charge >= 0.3 is 0 Å². The molecule has 1 aliphatic heterocycles. The lowest BCUT2D eigenvalue weighted by atomic mass is 9.97. The van der Waals surface area contributed by atoms with E-state index in [9.17, 15) is 13.2 Å². The van der Waals surface area contributed by atoms with Gasteiger partial charge in [0.2, 0.25) is 15.9 Å². The molecule has 1 fully saturated rings. The van der Waals surface area contributed by atoms with Gasteiger partial charge in [-0.2, -0.15) is 4.31 Å². The average molecular weight is 499 g/mol. The third kappa shape index (κ3) is 5.27. The number of carbonyl (C=O) groups is 1. The van der Waals surface area contributed by atoms with Crippen molar-refractivity contribution in [3.05, 3.63) is 82.9 Å². The Morgan fingerprint density at radius 1 is 0.971 bits per heavy atom. The van der Waals surface area contributed by atoms with Crippen LogP contribution >= 0.6 is 11.6 Å². The molecule has 34 heavy (non-hydrogen) atoms. The molecular formula is C26H27ClN2O4S. The summed E-state index contributed by atoms with van der Waals surface area (Å²) >= 11 is 6.20. The number of piperidine rings is 1. The van der Waals surface area contributed by atoms with Crippen LogP contribution in [0.4, 0.5) is 5.69 Å². The Bertz CT molecular complexity index is 1300. The number of nitrogens with one attached hydrogen (secondary N) is 1. The van der Waals surface area contributed by atoms with Crippen LogP contribution in [-0.4, -0.2) is 31.7 Å². The lowest BCUT2D eigenvalue weighted by Gasteiger charge is -2.31. The highest BCUT2D eigenvalue weighted by atomic mass is 35.5. The van der Waals surface area contributed by atoms with Gasteiger partial charge in [0.25, 0.3) is 0 Å². The zero-order valence-corrected chi connectivity index (χ0v) is 20.7. The summed E-state index contributed by atoms with van der Waals surface area (Å²) in [6.45, 7) is 4.34. The maximum absolute atomic E-state index is 13.1. The topological polar surface area (TPSA) is 75.7 Å². The molecule has 8 heteroatoms. The first kappa shape index (κ1) is 24.3. The van der Waals surface area contributed by atoms with E-state index >= 15 is 0 Å². The van der Waals surface area contributed by atoms with Gasteiger partial charge in [0.15, 0.2) is 5.75 Å². The molecule has 1 amide bonds. The SMILES string of the molecule is Cc1ccc(S(=O)(=O)N2CCC(C(=O)Nc3ccccc3Oc3ccccc3Cl)CC2)c(C)c1. The van der Waals surface area contributed by atoms with E-state index in [1.165, 1.54) is 4.31 Å². The fourth-order valence-electron chi connectivity index (χ4n) is 4.13. The second kappa shape index (κ2) is 10.2. The summed E-state index contributed by atoms with van der Waals surface area (Å²) in [4.78, 5) is 13.3. The number of aryl methyl sites for hydroxylation is 2. The smallest absolute Gasteiger partial charge is 0.243 e. The summed E-state index contributed by atoms with van der Waals surface area (Å²) < 4.78 is 33.7. The predicted octanol–water partition coefficient (Wildman–Crippen LogP) is 5.79. The molecule has 1 heterocycles. The summed E-state index contributed by atoms with van der Waals surface area (Å²) in [5.41, 5.74) is 2.29. The number of nitrogens with zero attached hydrogens (tertiary/aromatic N) is 1. The summed E-state index contributed by atoms with van der Waals surface area (Å²) in [7, 11) is -3.59. The molecule has 0 bridgehead atoms. The van der Waals surface area contributed by atoms with Gasteiger partial charge in [-0.15, -0.1) is 0 Å². The van der Waals surface area contributed by atoms with Gasteiger partial charge in [0.05, 0.1) is 15.6 Å². The van der Waals surface area contributed by atoms with Crippen LogP contribution in [0.1, 0.15) is 24.0 Å². The molecule has 0 aliphatic carbocycles. The van der Waals surface area contributed by atoms with Crippen molar-refractivity contribution < 1.29 is 17.9 Å². The highest BCUT2D eigenvalue weighted by Gasteiger charge is 2.33. The minimum Gasteiger partial charge on any atom is -0.454 e. The van der Waals surface area contributed by atoms with Crippen LogP contribution in [0.15, 0.2) is 71.6 Å². The lowest BCUT2D eigenvalue weighted by molar-refractivity contribution is -0.120. The molecule has 4 rings (SSSR count). The Labute approximate surface area is 205 Å². The number of halogens is 1. The Morgan fingerprint density at radius 2 is 1.62 bits per heavy atom. The van der Waals surface area contributed by atoms with Crippen molar-refractivity contribution >= 4 is 33.2 Å². The second-order valence-corrected chi connectivity index (χ2v) is 10.8. The van der Waals surface area contributed by atoms with E-state index in [-0.39, 0.29) is 11.8 Å². The largest absolute Gasteiger partial charge is 0.454 e. The molecule has 1 N–H and O–H groups in total. The zero-order chi connectivity index (χ0) is 24.3. The fourth-order valence-corrected chi connectivity index (χ4v) is 5.98. The van der Waals surface area contributed by atoms with E-state index in [1.807, 2.05) is 50.2 Å². The van der Waals surface area contributed by atoms with Crippen LogP contribution in [0, 0.1) is 19.8 Å². The van der Waals surface area contributed by atoms with Crippen molar-refractivity contribution in [2.75, 3.05) is 18.4 Å². The monoisotopic (exact) mass is 498 g/mol. The minimum atomic E-state index is -3.59. The van der Waals surface area contributed by atoms with Crippen LogP contribution in [0.5, 0.6) is 11.5 Å². The van der Waals surface area contributed by atoms with Crippen LogP contribution < -0.4 is 10.1 Å². The molecule has 178 valence electrons. The average Bonchev–Trinajstić information content (AvgIpc) is 2.81. The number of sulfonamides is 1. The second-order valence-electron chi connectivity index (χ2n) is 8.47. The van der Waals surface area contributed by atoms with Crippen molar-refractivity contribution in [3.63, 3.8) is 0 Å². The quantitative estimate of drug-likeness (QED) is 0.466. The first-order valence-corrected chi connectivity index (χ1v) is 13.0. The molecule has 0 spiro atoms. The molecule has 3 aromatic carbocycles. The van der Waals surface area contributed by atoms with Gasteiger partial charge in [-0.25, -0.2) is 8.42 Å². The molecule has 0 aromatic heterocycles. The highest BCUT2D eigenvalue weighted by molar-refractivity contribution is 7.89. The van der Waals surface area contributed by atoms with Crippen molar-refractivity contribution in [2.45, 2.75) is 31.6 Å². The van der Waals surface area contributed by atoms with Crippen LogP contribution in [0.25, 0.3) is 0 Å². The number of rotatable bonds is 6. The summed E-state index contributed by atoms with van der Waals surface area (Å²) in [5, 5.41) is 3.42. The number of carbonyl (C=O) groups excluding carboxylic acids is 1. The molecule has 0 saturated carbocycles. The molecule has 3 aromatic rings. The third-order valence-electron chi connectivity index (χ3n) is 5.97. The first-order chi connectivity index (χ1) is 16.3. The summed E-state index contributed by atoms with van der Waals surface area (Å²) in [6, 6.07) is 19.6. The Balaban J connectivity index is 1.41. The Morgan fingerprint density at radius 3 is 2.29 bits per heavy atom. The maximum Gasteiger partial charge on any atom is 0.243 e. The third-order valence-corrected chi connectivity index (χ3v) is 8.35. The van der Waals surface area contributed by atoms with Gasteiger partial charge in [0.1, 0.15) is 5.75 Å². The summed E-state index contributed by atoms with van der Waals surface area (Å²) in [5.74, 6) is 0.535. The van der Waals surface area contributed by atoms with Crippen molar-refractivity contribution in [1.29, 1.82) is 0 Å². The normalized spacial score (nSPS) is 15.1. The van der Waals surface area contributed by atoms with Crippen LogP contribution in [0.2, 0.25) is 5.02 Å². The number of amides is 1. The van der Waals surface area contributed by atoms with Gasteiger partial charge in [-0.3, -0.25) is 4.79 Å². The Hall–Kier alpha value is -2.87. The van der Waals surface area contributed by atoms with Gasteiger partial charge in [-0.05, 0) is 62.6 Å². The number of hydrogen-bond donors (Lipinski definition) is 1. The number of hydrogen-bond acceptors (Lipinski definition) is 4. The maximum atomic E-state index is 13.1. The number of anilines is 1. The molecule has 0 radical (unpaired) electrons. The minimum absolute atomic E-state index is 0.154. The molecule has 6 nitrogen and oxygen atoms in total. The van der Waals surface area contributed by atoms with Gasteiger partial charge in [0, 0.05) is 19.0 Å². The van der Waals surface area contributed by atoms with Crippen molar-refractivity contribution in [1.82, 2.24) is 4.31 Å². The molecular weight excluding hydrogens is 472 g/mol. The lowest BCUT2D eigenvalue weighted by Crippen LogP contribution is -2.41.